The molecule has 1 aromatic heterocycles. The number of alkyl halides is 1. The maximum absolute atomic E-state index is 12.5. The molecule has 0 atom stereocenters. The van der Waals surface area contributed by atoms with Gasteiger partial charge in [0, 0.05) is 31.2 Å². The van der Waals surface area contributed by atoms with E-state index in [9.17, 15) is 14.0 Å². The Kier molecular flexibility index (Phi) is 8.16. The lowest BCUT2D eigenvalue weighted by Crippen LogP contribution is -2.24. The Balaban J connectivity index is 1.74. The lowest BCUT2D eigenvalue weighted by Gasteiger charge is -2.27. The van der Waals surface area contributed by atoms with Crippen LogP contribution in [0.25, 0.3) is 0 Å². The van der Waals surface area contributed by atoms with Gasteiger partial charge in [0.25, 0.3) is 0 Å². The Bertz CT molecular complexity index is 551. The Labute approximate surface area is 149 Å². The molecule has 1 aromatic rings. The highest BCUT2D eigenvalue weighted by atomic mass is 19.1. The fourth-order valence-corrected chi connectivity index (χ4v) is 3.49. The van der Waals surface area contributed by atoms with E-state index in [1.807, 2.05) is 6.92 Å². The summed E-state index contributed by atoms with van der Waals surface area (Å²) in [5.74, 6) is 1.81. The lowest BCUT2D eigenvalue weighted by atomic mass is 9.77. The Hall–Kier alpha value is -1.65. The van der Waals surface area contributed by atoms with Crippen molar-refractivity contribution >= 4 is 11.6 Å². The van der Waals surface area contributed by atoms with E-state index in [4.69, 9.17) is 0 Å². The van der Waals surface area contributed by atoms with Gasteiger partial charge in [-0.3, -0.25) is 14.0 Å². The van der Waals surface area contributed by atoms with Crippen LogP contribution in [0.1, 0.15) is 69.7 Å². The summed E-state index contributed by atoms with van der Waals surface area (Å²) in [6.45, 7) is 1.57. The first-order valence-corrected chi connectivity index (χ1v) is 9.52. The molecule has 0 radical (unpaired) electrons. The standard InChI is InChI=1S/C20H29FN2O2/c1-2-18(24)10-7-15-5-8-17(9-6-15)19(25)12-20-22-13-16(14-23-20)4-3-11-21/h13-15,17H,2-12H2,1H3. The highest BCUT2D eigenvalue weighted by molar-refractivity contribution is 5.82. The highest BCUT2D eigenvalue weighted by Gasteiger charge is 2.26. The highest BCUT2D eigenvalue weighted by Crippen LogP contribution is 2.32. The summed E-state index contributed by atoms with van der Waals surface area (Å²) < 4.78 is 12.2. The van der Waals surface area contributed by atoms with Crippen molar-refractivity contribution in [3.8, 4) is 0 Å². The number of hydrogen-bond acceptors (Lipinski definition) is 4. The molecule has 1 aliphatic rings. The first-order valence-electron chi connectivity index (χ1n) is 9.52. The molecule has 1 heterocycles. The van der Waals surface area contributed by atoms with Gasteiger partial charge in [0.1, 0.15) is 17.4 Å². The van der Waals surface area contributed by atoms with Crippen molar-refractivity contribution in [1.82, 2.24) is 9.97 Å². The number of ketones is 2. The van der Waals surface area contributed by atoms with Gasteiger partial charge in [0.2, 0.25) is 0 Å². The molecule has 0 amide bonds. The van der Waals surface area contributed by atoms with Crippen molar-refractivity contribution in [3.05, 3.63) is 23.8 Å². The number of hydrogen-bond donors (Lipinski definition) is 0. The largest absolute Gasteiger partial charge is 0.300 e. The molecular weight excluding hydrogens is 319 g/mol. The van der Waals surface area contributed by atoms with Crippen LogP contribution in [0.2, 0.25) is 0 Å². The van der Waals surface area contributed by atoms with Crippen LogP contribution < -0.4 is 0 Å². The summed E-state index contributed by atoms with van der Waals surface area (Å²) in [6, 6.07) is 0. The van der Waals surface area contributed by atoms with Crippen molar-refractivity contribution in [1.29, 1.82) is 0 Å². The number of carbonyl (C=O) groups is 2. The molecule has 0 bridgehead atoms. The molecule has 1 saturated carbocycles. The maximum atomic E-state index is 12.5. The van der Waals surface area contributed by atoms with Crippen LogP contribution in [-0.4, -0.2) is 28.2 Å². The number of Topliss-reactive ketones (excluding diaryl/α,β-unsaturated/α-hetero) is 2. The van der Waals surface area contributed by atoms with Gasteiger partial charge in [-0.2, -0.15) is 0 Å². The van der Waals surface area contributed by atoms with E-state index in [0.717, 1.165) is 37.7 Å². The normalized spacial score (nSPS) is 20.4. The first kappa shape index (κ1) is 19.7. The Morgan fingerprint density at radius 1 is 1.16 bits per heavy atom. The number of rotatable bonds is 10. The Morgan fingerprint density at radius 3 is 2.44 bits per heavy atom. The predicted octanol–water partition coefficient (Wildman–Crippen LogP) is 4.06. The number of aromatic nitrogens is 2. The van der Waals surface area contributed by atoms with Gasteiger partial charge in [-0.05, 0) is 56.4 Å². The second-order valence-electron chi connectivity index (χ2n) is 7.09. The van der Waals surface area contributed by atoms with Crippen LogP contribution >= 0.6 is 0 Å². The van der Waals surface area contributed by atoms with Crippen LogP contribution in [0.5, 0.6) is 0 Å². The first-order chi connectivity index (χ1) is 12.1. The summed E-state index contributed by atoms with van der Waals surface area (Å²) in [5.41, 5.74) is 0.913. The van der Waals surface area contributed by atoms with E-state index in [-0.39, 0.29) is 24.8 Å². The number of carbonyl (C=O) groups excluding carboxylic acids is 2. The molecule has 0 aliphatic heterocycles. The minimum absolute atomic E-state index is 0.105. The van der Waals surface area contributed by atoms with Gasteiger partial charge in [0.15, 0.2) is 0 Å². The van der Waals surface area contributed by atoms with Gasteiger partial charge in [-0.15, -0.1) is 0 Å². The van der Waals surface area contributed by atoms with E-state index in [1.165, 1.54) is 0 Å². The van der Waals surface area contributed by atoms with Gasteiger partial charge in [0.05, 0.1) is 13.1 Å². The van der Waals surface area contributed by atoms with Crippen molar-refractivity contribution in [3.63, 3.8) is 0 Å². The molecule has 138 valence electrons. The fourth-order valence-electron chi connectivity index (χ4n) is 3.49. The van der Waals surface area contributed by atoms with E-state index < -0.39 is 0 Å². The van der Waals surface area contributed by atoms with Crippen molar-refractivity contribution < 1.29 is 14.0 Å². The molecular formula is C20H29FN2O2. The molecule has 0 N–H and O–H groups in total. The summed E-state index contributed by atoms with van der Waals surface area (Å²) in [6.07, 6.45) is 11.0. The van der Waals surface area contributed by atoms with E-state index in [2.05, 4.69) is 9.97 Å². The smallest absolute Gasteiger partial charge is 0.143 e. The van der Waals surface area contributed by atoms with E-state index in [1.54, 1.807) is 12.4 Å². The van der Waals surface area contributed by atoms with Crippen LogP contribution in [0.4, 0.5) is 4.39 Å². The quantitative estimate of drug-likeness (QED) is 0.640. The third kappa shape index (κ3) is 6.63. The van der Waals surface area contributed by atoms with E-state index in [0.29, 0.717) is 43.2 Å². The predicted molar refractivity (Wildman–Crippen MR) is 95.0 cm³/mol. The molecule has 0 spiro atoms. The zero-order chi connectivity index (χ0) is 18.1. The number of nitrogens with zero attached hydrogens (tertiary/aromatic N) is 2. The van der Waals surface area contributed by atoms with Crippen molar-refractivity contribution in [2.45, 2.75) is 71.1 Å². The van der Waals surface area contributed by atoms with Crippen molar-refractivity contribution in [2.75, 3.05) is 6.67 Å². The third-order valence-corrected chi connectivity index (χ3v) is 5.22. The molecule has 1 fully saturated rings. The number of halogens is 1. The number of aryl methyl sites for hydroxylation is 1. The zero-order valence-electron chi connectivity index (χ0n) is 15.2. The average molecular weight is 348 g/mol. The maximum Gasteiger partial charge on any atom is 0.143 e. The fraction of sp³-hybridized carbons (Fsp3) is 0.700. The third-order valence-electron chi connectivity index (χ3n) is 5.22. The SMILES string of the molecule is CCC(=O)CCC1CCC(C(=O)Cc2ncc(CCCF)cn2)CC1. The van der Waals surface area contributed by atoms with Crippen LogP contribution in [-0.2, 0) is 22.4 Å². The van der Waals surface area contributed by atoms with Gasteiger partial charge in [-0.25, -0.2) is 9.97 Å². The van der Waals surface area contributed by atoms with E-state index >= 15 is 0 Å². The molecule has 5 heteroatoms. The average Bonchev–Trinajstić information content (AvgIpc) is 2.65. The summed E-state index contributed by atoms with van der Waals surface area (Å²) in [5, 5.41) is 0. The summed E-state index contributed by atoms with van der Waals surface area (Å²) in [4.78, 5) is 32.4. The molecule has 0 aromatic carbocycles. The molecule has 1 aliphatic carbocycles. The molecule has 0 unspecified atom stereocenters. The molecule has 2 rings (SSSR count). The molecule has 0 saturated heterocycles. The minimum Gasteiger partial charge on any atom is -0.300 e. The molecule has 4 nitrogen and oxygen atoms in total. The summed E-state index contributed by atoms with van der Waals surface area (Å²) in [7, 11) is 0. The topological polar surface area (TPSA) is 59.9 Å². The van der Waals surface area contributed by atoms with Crippen molar-refractivity contribution in [2.24, 2.45) is 11.8 Å². The summed E-state index contributed by atoms with van der Waals surface area (Å²) >= 11 is 0. The van der Waals surface area contributed by atoms with Gasteiger partial charge >= 0.3 is 0 Å². The second-order valence-corrected chi connectivity index (χ2v) is 7.09. The Morgan fingerprint density at radius 2 is 1.84 bits per heavy atom. The van der Waals surface area contributed by atoms with Gasteiger partial charge in [-0.1, -0.05) is 6.92 Å². The minimum atomic E-state index is -0.338. The lowest BCUT2D eigenvalue weighted by molar-refractivity contribution is -0.124. The molecule has 25 heavy (non-hydrogen) atoms. The second kappa shape index (κ2) is 10.4. The van der Waals surface area contributed by atoms with Crippen LogP contribution in [0.3, 0.4) is 0 Å². The van der Waals surface area contributed by atoms with Crippen LogP contribution in [0.15, 0.2) is 12.4 Å². The van der Waals surface area contributed by atoms with Crippen LogP contribution in [0, 0.1) is 11.8 Å². The monoisotopic (exact) mass is 348 g/mol. The van der Waals surface area contributed by atoms with Gasteiger partial charge < -0.3 is 0 Å². The zero-order valence-corrected chi connectivity index (χ0v) is 15.2.